The lowest BCUT2D eigenvalue weighted by Crippen LogP contribution is -2.12. The van der Waals surface area contributed by atoms with Crippen molar-refractivity contribution < 1.29 is 9.50 Å². The Labute approximate surface area is 125 Å². The zero-order valence-electron chi connectivity index (χ0n) is 12.5. The van der Waals surface area contributed by atoms with Gasteiger partial charge in [-0.3, -0.25) is 0 Å². The second-order valence-corrected chi connectivity index (χ2v) is 5.74. The Balaban J connectivity index is 1.90. The summed E-state index contributed by atoms with van der Waals surface area (Å²) in [5, 5.41) is 13.3. The van der Waals surface area contributed by atoms with Gasteiger partial charge in [-0.15, -0.1) is 0 Å². The van der Waals surface area contributed by atoms with Crippen LogP contribution >= 0.6 is 0 Å². The van der Waals surface area contributed by atoms with Crippen LogP contribution in [0.2, 0.25) is 0 Å². The van der Waals surface area contributed by atoms with Gasteiger partial charge < -0.3 is 10.4 Å². The Morgan fingerprint density at radius 1 is 1.00 bits per heavy atom. The minimum absolute atomic E-state index is 0.262. The molecule has 0 heterocycles. The Kier molecular flexibility index (Phi) is 5.34. The van der Waals surface area contributed by atoms with E-state index in [1.165, 1.54) is 17.7 Å². The molecule has 0 saturated carbocycles. The molecule has 21 heavy (non-hydrogen) atoms. The van der Waals surface area contributed by atoms with Crippen molar-refractivity contribution in [3.63, 3.8) is 0 Å². The fraction of sp³-hybridized carbons (Fsp3) is 0.333. The predicted octanol–water partition coefficient (Wildman–Crippen LogP) is 4.17. The van der Waals surface area contributed by atoms with E-state index >= 15 is 0 Å². The summed E-state index contributed by atoms with van der Waals surface area (Å²) in [5.41, 5.74) is 2.97. The molecule has 2 rings (SSSR count). The predicted molar refractivity (Wildman–Crippen MR) is 84.8 cm³/mol. The van der Waals surface area contributed by atoms with E-state index in [0.717, 1.165) is 17.7 Å². The van der Waals surface area contributed by atoms with Crippen molar-refractivity contribution in [3.05, 3.63) is 65.5 Å². The van der Waals surface area contributed by atoms with E-state index < -0.39 is 6.10 Å². The maximum Gasteiger partial charge on any atom is 0.123 e. The molecule has 2 aromatic rings. The maximum absolute atomic E-state index is 12.8. The first-order valence-corrected chi connectivity index (χ1v) is 7.31. The van der Waals surface area contributed by atoms with Crippen molar-refractivity contribution >= 4 is 5.69 Å². The van der Waals surface area contributed by atoms with Crippen LogP contribution in [0.5, 0.6) is 0 Å². The highest BCUT2D eigenvalue weighted by atomic mass is 19.1. The molecule has 0 amide bonds. The molecule has 0 radical (unpaired) electrons. The molecule has 3 heteroatoms. The summed E-state index contributed by atoms with van der Waals surface area (Å²) in [7, 11) is 0. The fourth-order valence-corrected chi connectivity index (χ4v) is 2.25. The third-order valence-electron chi connectivity index (χ3n) is 3.35. The molecule has 0 spiro atoms. The second-order valence-electron chi connectivity index (χ2n) is 5.74. The number of rotatable bonds is 6. The molecule has 2 nitrogen and oxygen atoms in total. The maximum atomic E-state index is 12.8. The highest BCUT2D eigenvalue weighted by molar-refractivity contribution is 5.43. The average molecular weight is 287 g/mol. The summed E-state index contributed by atoms with van der Waals surface area (Å²) in [4.78, 5) is 0. The van der Waals surface area contributed by atoms with E-state index in [2.05, 4.69) is 31.3 Å². The first kappa shape index (κ1) is 15.5. The number of anilines is 1. The van der Waals surface area contributed by atoms with Crippen molar-refractivity contribution in [2.24, 2.45) is 5.92 Å². The van der Waals surface area contributed by atoms with Crippen LogP contribution in [0.1, 0.15) is 31.1 Å². The average Bonchev–Trinajstić information content (AvgIpc) is 2.46. The number of nitrogens with one attached hydrogen (secondary N) is 1. The Hall–Kier alpha value is -1.87. The van der Waals surface area contributed by atoms with Gasteiger partial charge in [0, 0.05) is 12.2 Å². The highest BCUT2D eigenvalue weighted by Crippen LogP contribution is 2.17. The fourth-order valence-electron chi connectivity index (χ4n) is 2.25. The molecule has 0 bridgehead atoms. The number of benzene rings is 2. The lowest BCUT2D eigenvalue weighted by Gasteiger charge is -2.14. The van der Waals surface area contributed by atoms with E-state index in [0.29, 0.717) is 12.5 Å². The van der Waals surface area contributed by atoms with Gasteiger partial charge in [0.1, 0.15) is 5.82 Å². The summed E-state index contributed by atoms with van der Waals surface area (Å²) < 4.78 is 12.8. The van der Waals surface area contributed by atoms with Crippen molar-refractivity contribution in [1.82, 2.24) is 0 Å². The monoisotopic (exact) mass is 287 g/mol. The normalized spacial score (nSPS) is 12.4. The van der Waals surface area contributed by atoms with Crippen molar-refractivity contribution in [2.45, 2.75) is 26.4 Å². The molecule has 112 valence electrons. The van der Waals surface area contributed by atoms with E-state index in [-0.39, 0.29) is 5.82 Å². The standard InChI is InChI=1S/C18H22FNO/c1-13(2)11-14-3-5-15(6-4-14)18(21)12-20-17-9-7-16(19)8-10-17/h3-10,13,18,20-21H,11-12H2,1-2H3. The topological polar surface area (TPSA) is 32.3 Å². The molecule has 0 aromatic heterocycles. The van der Waals surface area contributed by atoms with Crippen LogP contribution in [-0.2, 0) is 6.42 Å². The number of hydrogen-bond acceptors (Lipinski definition) is 2. The Bertz CT molecular complexity index is 548. The lowest BCUT2D eigenvalue weighted by molar-refractivity contribution is 0.191. The van der Waals surface area contributed by atoms with Crippen molar-refractivity contribution in [1.29, 1.82) is 0 Å². The van der Waals surface area contributed by atoms with Gasteiger partial charge in [0.25, 0.3) is 0 Å². The minimum atomic E-state index is -0.580. The number of halogens is 1. The third-order valence-corrected chi connectivity index (χ3v) is 3.35. The minimum Gasteiger partial charge on any atom is -0.387 e. The van der Waals surface area contributed by atoms with Gasteiger partial charge in [-0.05, 0) is 47.7 Å². The van der Waals surface area contributed by atoms with Gasteiger partial charge in [0.15, 0.2) is 0 Å². The van der Waals surface area contributed by atoms with Crippen LogP contribution in [0, 0.1) is 11.7 Å². The van der Waals surface area contributed by atoms with Gasteiger partial charge in [-0.2, -0.15) is 0 Å². The summed E-state index contributed by atoms with van der Waals surface area (Å²) in [6, 6.07) is 14.2. The molecule has 2 N–H and O–H groups in total. The van der Waals surface area contributed by atoms with Gasteiger partial charge in [0.05, 0.1) is 6.10 Å². The summed E-state index contributed by atoms with van der Waals surface area (Å²) in [5.74, 6) is 0.364. The van der Waals surface area contributed by atoms with Gasteiger partial charge in [-0.1, -0.05) is 38.1 Å². The van der Waals surface area contributed by atoms with Gasteiger partial charge in [0.2, 0.25) is 0 Å². The molecular weight excluding hydrogens is 265 g/mol. The second kappa shape index (κ2) is 7.23. The number of aliphatic hydroxyl groups is 1. The molecule has 1 atom stereocenters. The summed E-state index contributed by atoms with van der Waals surface area (Å²) >= 11 is 0. The van der Waals surface area contributed by atoms with Crippen LogP contribution in [0.3, 0.4) is 0 Å². The Morgan fingerprint density at radius 3 is 2.19 bits per heavy atom. The van der Waals surface area contributed by atoms with E-state index in [4.69, 9.17) is 0 Å². The van der Waals surface area contributed by atoms with Crippen LogP contribution in [0.4, 0.5) is 10.1 Å². The molecule has 0 aliphatic heterocycles. The van der Waals surface area contributed by atoms with Crippen LogP contribution in [-0.4, -0.2) is 11.7 Å². The molecule has 0 fully saturated rings. The first-order valence-electron chi connectivity index (χ1n) is 7.31. The molecule has 0 aliphatic rings. The SMILES string of the molecule is CC(C)Cc1ccc(C(O)CNc2ccc(F)cc2)cc1. The third kappa shape index (κ3) is 4.87. The Morgan fingerprint density at radius 2 is 1.62 bits per heavy atom. The molecule has 0 aliphatic carbocycles. The smallest absolute Gasteiger partial charge is 0.123 e. The van der Waals surface area contributed by atoms with E-state index in [9.17, 15) is 9.50 Å². The first-order chi connectivity index (χ1) is 10.0. The largest absolute Gasteiger partial charge is 0.387 e. The number of hydrogen-bond donors (Lipinski definition) is 2. The zero-order chi connectivity index (χ0) is 15.2. The number of aliphatic hydroxyl groups excluding tert-OH is 1. The van der Waals surface area contributed by atoms with Crippen LogP contribution in [0.25, 0.3) is 0 Å². The highest BCUT2D eigenvalue weighted by Gasteiger charge is 2.07. The van der Waals surface area contributed by atoms with Crippen LogP contribution < -0.4 is 5.32 Å². The zero-order valence-corrected chi connectivity index (χ0v) is 12.5. The van der Waals surface area contributed by atoms with E-state index in [1.807, 2.05) is 12.1 Å². The summed E-state index contributed by atoms with van der Waals surface area (Å²) in [6.45, 7) is 4.78. The molecular formula is C18H22FNO. The lowest BCUT2D eigenvalue weighted by atomic mass is 10.0. The van der Waals surface area contributed by atoms with E-state index in [1.54, 1.807) is 12.1 Å². The van der Waals surface area contributed by atoms with Crippen molar-refractivity contribution in [2.75, 3.05) is 11.9 Å². The van der Waals surface area contributed by atoms with Gasteiger partial charge in [-0.25, -0.2) is 4.39 Å². The quantitative estimate of drug-likeness (QED) is 0.835. The van der Waals surface area contributed by atoms with Crippen LogP contribution in [0.15, 0.2) is 48.5 Å². The molecule has 1 unspecified atom stereocenters. The van der Waals surface area contributed by atoms with Gasteiger partial charge >= 0.3 is 0 Å². The molecule has 0 saturated heterocycles. The summed E-state index contributed by atoms with van der Waals surface area (Å²) in [6.07, 6.45) is 0.465. The molecule has 2 aromatic carbocycles. The van der Waals surface area contributed by atoms with Crippen molar-refractivity contribution in [3.8, 4) is 0 Å².